The smallest absolute Gasteiger partial charge is 0.309 e. The number of carboxylic acid groups (broad SMARTS) is 1. The van der Waals surface area contributed by atoms with Crippen LogP contribution >= 0.6 is 0 Å². The van der Waals surface area contributed by atoms with Crippen LogP contribution in [0.4, 0.5) is 0 Å². The van der Waals surface area contributed by atoms with E-state index >= 15 is 0 Å². The molecule has 2 atom stereocenters. The van der Waals surface area contributed by atoms with Crippen molar-refractivity contribution >= 4 is 5.97 Å². The van der Waals surface area contributed by atoms with Crippen LogP contribution in [0.3, 0.4) is 0 Å². The van der Waals surface area contributed by atoms with Crippen molar-refractivity contribution in [3.63, 3.8) is 0 Å². The van der Waals surface area contributed by atoms with Gasteiger partial charge in [0.25, 0.3) is 0 Å². The summed E-state index contributed by atoms with van der Waals surface area (Å²) in [7, 11) is 4.07. The first kappa shape index (κ1) is 13.4. The second kappa shape index (κ2) is 6.18. The van der Waals surface area contributed by atoms with Crippen molar-refractivity contribution in [2.75, 3.05) is 46.8 Å². The Bertz CT molecular complexity index is 233. The molecular weight excluding hydrogens is 206 g/mol. The van der Waals surface area contributed by atoms with Crippen LogP contribution in [0.2, 0.25) is 0 Å². The van der Waals surface area contributed by atoms with Crippen LogP contribution in [0.15, 0.2) is 0 Å². The van der Waals surface area contributed by atoms with Crippen LogP contribution in [0.5, 0.6) is 0 Å². The van der Waals surface area contributed by atoms with Gasteiger partial charge in [-0.15, -0.1) is 0 Å². The second-order valence-electron chi connectivity index (χ2n) is 4.84. The van der Waals surface area contributed by atoms with Gasteiger partial charge in [-0.05, 0) is 21.0 Å². The standard InChI is InChI=1S/C11H23N3O2/c1-9-6-12-7-10(11(15)16)8-14(9)5-4-13(2)3/h9-10,12H,4-8H2,1-3H3,(H,15,16). The number of aliphatic carboxylic acids is 1. The maximum Gasteiger partial charge on any atom is 0.309 e. The summed E-state index contributed by atoms with van der Waals surface area (Å²) in [5, 5.41) is 12.3. The van der Waals surface area contributed by atoms with Crippen LogP contribution in [0.1, 0.15) is 6.92 Å². The van der Waals surface area contributed by atoms with E-state index in [9.17, 15) is 4.79 Å². The Hall–Kier alpha value is -0.650. The minimum absolute atomic E-state index is 0.285. The molecule has 1 heterocycles. The first-order chi connectivity index (χ1) is 7.50. The lowest BCUT2D eigenvalue weighted by Gasteiger charge is -2.28. The summed E-state index contributed by atoms with van der Waals surface area (Å²) in [4.78, 5) is 15.4. The fourth-order valence-electron chi connectivity index (χ4n) is 1.93. The summed E-state index contributed by atoms with van der Waals surface area (Å²) in [6.45, 7) is 6.15. The summed E-state index contributed by atoms with van der Waals surface area (Å²) in [6, 6.07) is 0.407. The van der Waals surface area contributed by atoms with E-state index in [0.717, 1.165) is 19.6 Å². The van der Waals surface area contributed by atoms with Gasteiger partial charge in [-0.25, -0.2) is 0 Å². The number of nitrogens with one attached hydrogen (secondary N) is 1. The zero-order chi connectivity index (χ0) is 12.1. The van der Waals surface area contributed by atoms with Crippen molar-refractivity contribution in [2.24, 2.45) is 5.92 Å². The van der Waals surface area contributed by atoms with E-state index in [0.29, 0.717) is 19.1 Å². The number of hydrogen-bond acceptors (Lipinski definition) is 4. The average Bonchev–Trinajstić information content (AvgIpc) is 2.37. The minimum atomic E-state index is -0.698. The number of hydrogen-bond donors (Lipinski definition) is 2. The molecule has 0 aliphatic carbocycles. The van der Waals surface area contributed by atoms with E-state index in [4.69, 9.17) is 5.11 Å². The SMILES string of the molecule is CC1CNCC(C(=O)O)CN1CCN(C)C. The monoisotopic (exact) mass is 229 g/mol. The third-order valence-electron chi connectivity index (χ3n) is 3.09. The zero-order valence-corrected chi connectivity index (χ0v) is 10.4. The molecule has 5 heteroatoms. The van der Waals surface area contributed by atoms with Gasteiger partial charge in [0.05, 0.1) is 5.92 Å². The summed E-state index contributed by atoms with van der Waals surface area (Å²) in [5.41, 5.74) is 0. The summed E-state index contributed by atoms with van der Waals surface area (Å²) >= 11 is 0. The topological polar surface area (TPSA) is 55.8 Å². The van der Waals surface area contributed by atoms with Gasteiger partial charge in [-0.1, -0.05) is 0 Å². The molecule has 1 fully saturated rings. The predicted molar refractivity (Wildman–Crippen MR) is 63.6 cm³/mol. The highest BCUT2D eigenvalue weighted by molar-refractivity contribution is 5.70. The van der Waals surface area contributed by atoms with Crippen molar-refractivity contribution in [3.8, 4) is 0 Å². The molecule has 1 aliphatic heterocycles. The summed E-state index contributed by atoms with van der Waals surface area (Å²) in [6.07, 6.45) is 0. The molecule has 0 radical (unpaired) electrons. The quantitative estimate of drug-likeness (QED) is 0.683. The van der Waals surface area contributed by atoms with Crippen LogP contribution in [0.25, 0.3) is 0 Å². The first-order valence-corrected chi connectivity index (χ1v) is 5.83. The minimum Gasteiger partial charge on any atom is -0.481 e. The van der Waals surface area contributed by atoms with E-state index in [1.165, 1.54) is 0 Å². The van der Waals surface area contributed by atoms with Crippen molar-refractivity contribution in [1.82, 2.24) is 15.1 Å². The van der Waals surface area contributed by atoms with Crippen LogP contribution < -0.4 is 5.32 Å². The molecule has 0 spiro atoms. The second-order valence-corrected chi connectivity index (χ2v) is 4.84. The van der Waals surface area contributed by atoms with Gasteiger partial charge >= 0.3 is 5.97 Å². The van der Waals surface area contributed by atoms with Gasteiger partial charge in [0.1, 0.15) is 0 Å². The molecule has 2 N–H and O–H groups in total. The van der Waals surface area contributed by atoms with E-state index in [2.05, 4.69) is 22.0 Å². The van der Waals surface area contributed by atoms with E-state index in [1.54, 1.807) is 0 Å². The highest BCUT2D eigenvalue weighted by Crippen LogP contribution is 2.09. The molecule has 0 amide bonds. The van der Waals surface area contributed by atoms with E-state index in [-0.39, 0.29) is 5.92 Å². The predicted octanol–water partition coefficient (Wildman–Crippen LogP) is -0.457. The van der Waals surface area contributed by atoms with E-state index in [1.807, 2.05) is 14.1 Å². The molecule has 0 aromatic carbocycles. The Balaban J connectivity index is 2.52. The van der Waals surface area contributed by atoms with Crippen molar-refractivity contribution in [3.05, 3.63) is 0 Å². The molecule has 0 saturated carbocycles. The third-order valence-corrected chi connectivity index (χ3v) is 3.09. The molecule has 94 valence electrons. The lowest BCUT2D eigenvalue weighted by atomic mass is 10.1. The van der Waals surface area contributed by atoms with Gasteiger partial charge in [-0.3, -0.25) is 9.69 Å². The number of rotatable bonds is 4. The molecule has 1 aliphatic rings. The highest BCUT2D eigenvalue weighted by atomic mass is 16.4. The Labute approximate surface area is 97.4 Å². The van der Waals surface area contributed by atoms with Crippen molar-refractivity contribution < 1.29 is 9.90 Å². The average molecular weight is 229 g/mol. The largest absolute Gasteiger partial charge is 0.481 e. The fourth-order valence-corrected chi connectivity index (χ4v) is 1.93. The number of nitrogens with zero attached hydrogens (tertiary/aromatic N) is 2. The molecule has 1 saturated heterocycles. The number of carboxylic acids is 1. The number of likely N-dealkylation sites (N-methyl/N-ethyl adjacent to an activating group) is 1. The van der Waals surface area contributed by atoms with Gasteiger partial charge in [0, 0.05) is 38.8 Å². The maximum atomic E-state index is 11.0. The Morgan fingerprint density at radius 2 is 2.19 bits per heavy atom. The van der Waals surface area contributed by atoms with Gasteiger partial charge in [0.2, 0.25) is 0 Å². The molecular formula is C11H23N3O2. The summed E-state index contributed by atoms with van der Waals surface area (Å²) < 4.78 is 0. The lowest BCUT2D eigenvalue weighted by molar-refractivity contribution is -0.142. The molecule has 2 unspecified atom stereocenters. The lowest BCUT2D eigenvalue weighted by Crippen LogP contribution is -2.42. The Morgan fingerprint density at radius 3 is 2.75 bits per heavy atom. The van der Waals surface area contributed by atoms with Crippen LogP contribution in [0, 0.1) is 5.92 Å². The van der Waals surface area contributed by atoms with Gasteiger partial charge in [0.15, 0.2) is 0 Å². The Kier molecular flexibility index (Phi) is 5.18. The molecule has 16 heavy (non-hydrogen) atoms. The van der Waals surface area contributed by atoms with Gasteiger partial charge < -0.3 is 15.3 Å². The van der Waals surface area contributed by atoms with Crippen molar-refractivity contribution in [1.29, 1.82) is 0 Å². The Morgan fingerprint density at radius 1 is 1.50 bits per heavy atom. The zero-order valence-electron chi connectivity index (χ0n) is 10.4. The maximum absolute atomic E-state index is 11.0. The molecule has 0 aromatic rings. The molecule has 0 bridgehead atoms. The molecule has 0 aromatic heterocycles. The number of carbonyl (C=O) groups is 1. The summed E-state index contributed by atoms with van der Waals surface area (Å²) in [5.74, 6) is -0.983. The third kappa shape index (κ3) is 4.08. The molecule has 5 nitrogen and oxygen atoms in total. The molecule has 1 rings (SSSR count). The van der Waals surface area contributed by atoms with Gasteiger partial charge in [-0.2, -0.15) is 0 Å². The normalized spacial score (nSPS) is 28.0. The van der Waals surface area contributed by atoms with Crippen LogP contribution in [-0.2, 0) is 4.79 Å². The highest BCUT2D eigenvalue weighted by Gasteiger charge is 2.26. The van der Waals surface area contributed by atoms with E-state index < -0.39 is 5.97 Å². The fraction of sp³-hybridized carbons (Fsp3) is 0.909. The first-order valence-electron chi connectivity index (χ1n) is 5.83. The van der Waals surface area contributed by atoms with Crippen LogP contribution in [-0.4, -0.2) is 73.7 Å². The van der Waals surface area contributed by atoms with Crippen molar-refractivity contribution in [2.45, 2.75) is 13.0 Å².